The van der Waals surface area contributed by atoms with Crippen LogP contribution in [0.15, 0.2) is 41.0 Å². The number of para-hydroxylation sites is 1. The first-order chi connectivity index (χ1) is 9.65. The standard InChI is InChI=1S/C16H13BrN2O/c1-11(20)19-10-15-13(8-14(17)9-18-15)7-6-12-4-2-3-5-16(12)19/h2-9H,10H2,1H3/b7-6-. The van der Waals surface area contributed by atoms with Gasteiger partial charge >= 0.3 is 0 Å². The first-order valence-corrected chi connectivity index (χ1v) is 7.14. The van der Waals surface area contributed by atoms with Gasteiger partial charge < -0.3 is 4.90 Å². The molecule has 3 rings (SSSR count). The van der Waals surface area contributed by atoms with Crippen LogP contribution in [0, 0.1) is 0 Å². The predicted octanol–water partition coefficient (Wildman–Crippen LogP) is 3.88. The Kier molecular flexibility index (Phi) is 3.40. The van der Waals surface area contributed by atoms with Crippen LogP contribution in [-0.2, 0) is 11.3 Å². The molecule has 0 atom stereocenters. The SMILES string of the molecule is CC(=O)N1Cc2ncc(Br)cc2/C=C\c2ccccc21. The summed E-state index contributed by atoms with van der Waals surface area (Å²) in [6, 6.07) is 9.91. The number of carbonyl (C=O) groups excluding carboxylic acids is 1. The van der Waals surface area contributed by atoms with Crippen molar-refractivity contribution in [3.05, 3.63) is 57.8 Å². The van der Waals surface area contributed by atoms with Gasteiger partial charge in [-0.2, -0.15) is 0 Å². The summed E-state index contributed by atoms with van der Waals surface area (Å²) in [5.41, 5.74) is 3.88. The number of carbonyl (C=O) groups is 1. The molecule has 0 saturated carbocycles. The molecule has 1 aliphatic heterocycles. The number of hydrogen-bond acceptors (Lipinski definition) is 2. The highest BCUT2D eigenvalue weighted by Crippen LogP contribution is 2.28. The second-order valence-electron chi connectivity index (χ2n) is 4.69. The van der Waals surface area contributed by atoms with E-state index in [4.69, 9.17) is 0 Å². The smallest absolute Gasteiger partial charge is 0.224 e. The van der Waals surface area contributed by atoms with E-state index in [-0.39, 0.29) is 5.91 Å². The van der Waals surface area contributed by atoms with Gasteiger partial charge in [0.1, 0.15) is 0 Å². The highest BCUT2D eigenvalue weighted by molar-refractivity contribution is 9.10. The Morgan fingerprint density at radius 1 is 1.25 bits per heavy atom. The molecule has 0 saturated heterocycles. The number of amides is 1. The van der Waals surface area contributed by atoms with Crippen LogP contribution in [0.4, 0.5) is 5.69 Å². The minimum absolute atomic E-state index is 0.0171. The molecule has 1 aliphatic rings. The Morgan fingerprint density at radius 3 is 2.80 bits per heavy atom. The lowest BCUT2D eigenvalue weighted by atomic mass is 10.0. The molecule has 2 aromatic rings. The minimum Gasteiger partial charge on any atom is -0.306 e. The number of anilines is 1. The third-order valence-corrected chi connectivity index (χ3v) is 3.76. The normalized spacial score (nSPS) is 14.8. The van der Waals surface area contributed by atoms with E-state index in [0.717, 1.165) is 27.0 Å². The number of halogens is 1. The molecule has 1 aromatic heterocycles. The molecule has 3 nitrogen and oxygen atoms in total. The largest absolute Gasteiger partial charge is 0.306 e. The summed E-state index contributed by atoms with van der Waals surface area (Å²) < 4.78 is 0.934. The lowest BCUT2D eigenvalue weighted by molar-refractivity contribution is -0.116. The van der Waals surface area contributed by atoms with E-state index in [1.807, 2.05) is 42.5 Å². The maximum Gasteiger partial charge on any atom is 0.224 e. The predicted molar refractivity (Wildman–Crippen MR) is 84.2 cm³/mol. The Balaban J connectivity index is 2.19. The topological polar surface area (TPSA) is 33.2 Å². The molecule has 100 valence electrons. The Bertz CT molecular complexity index is 709. The Morgan fingerprint density at radius 2 is 2.00 bits per heavy atom. The zero-order chi connectivity index (χ0) is 14.1. The lowest BCUT2D eigenvalue weighted by Gasteiger charge is -2.25. The van der Waals surface area contributed by atoms with Gasteiger partial charge in [0.2, 0.25) is 5.91 Å². The van der Waals surface area contributed by atoms with Crippen LogP contribution in [0.3, 0.4) is 0 Å². The molecule has 1 amide bonds. The lowest BCUT2D eigenvalue weighted by Crippen LogP contribution is -2.29. The van der Waals surface area contributed by atoms with Gasteiger partial charge in [0, 0.05) is 17.6 Å². The molecular formula is C16H13BrN2O. The van der Waals surface area contributed by atoms with Crippen molar-refractivity contribution in [1.29, 1.82) is 0 Å². The van der Waals surface area contributed by atoms with Crippen molar-refractivity contribution in [1.82, 2.24) is 4.98 Å². The Hall–Kier alpha value is -1.94. The number of benzene rings is 1. The summed E-state index contributed by atoms with van der Waals surface area (Å²) >= 11 is 3.43. The van der Waals surface area contributed by atoms with Crippen molar-refractivity contribution in [2.45, 2.75) is 13.5 Å². The first-order valence-electron chi connectivity index (χ1n) is 6.35. The molecule has 0 bridgehead atoms. The van der Waals surface area contributed by atoms with E-state index < -0.39 is 0 Å². The summed E-state index contributed by atoms with van der Waals surface area (Å²) in [5, 5.41) is 0. The molecule has 1 aromatic carbocycles. The van der Waals surface area contributed by atoms with E-state index >= 15 is 0 Å². The number of hydrogen-bond donors (Lipinski definition) is 0. The molecule has 0 aliphatic carbocycles. The number of aromatic nitrogens is 1. The Labute approximate surface area is 126 Å². The van der Waals surface area contributed by atoms with Crippen molar-refractivity contribution < 1.29 is 4.79 Å². The van der Waals surface area contributed by atoms with Crippen molar-refractivity contribution in [2.24, 2.45) is 0 Å². The second-order valence-corrected chi connectivity index (χ2v) is 5.60. The minimum atomic E-state index is 0.0171. The molecule has 20 heavy (non-hydrogen) atoms. The van der Waals surface area contributed by atoms with Crippen molar-refractivity contribution in [3.8, 4) is 0 Å². The zero-order valence-electron chi connectivity index (χ0n) is 11.0. The van der Waals surface area contributed by atoms with Gasteiger partial charge in [-0.3, -0.25) is 9.78 Å². The van der Waals surface area contributed by atoms with Gasteiger partial charge in [-0.05, 0) is 39.2 Å². The molecule has 2 heterocycles. The average Bonchev–Trinajstić information content (AvgIpc) is 2.42. The second kappa shape index (κ2) is 5.21. The average molecular weight is 329 g/mol. The maximum absolute atomic E-state index is 12.0. The van der Waals surface area contributed by atoms with Gasteiger partial charge in [-0.1, -0.05) is 30.4 Å². The number of fused-ring (bicyclic) bond motifs is 2. The van der Waals surface area contributed by atoms with Crippen LogP contribution in [0.5, 0.6) is 0 Å². The molecule has 0 N–H and O–H groups in total. The fraction of sp³-hybridized carbons (Fsp3) is 0.125. The molecule has 0 unspecified atom stereocenters. The first kappa shape index (κ1) is 13.1. The van der Waals surface area contributed by atoms with Crippen LogP contribution in [0.1, 0.15) is 23.7 Å². The van der Waals surface area contributed by atoms with Crippen LogP contribution >= 0.6 is 15.9 Å². The monoisotopic (exact) mass is 328 g/mol. The number of nitrogens with zero attached hydrogens (tertiary/aromatic N) is 2. The third kappa shape index (κ3) is 2.39. The molecular weight excluding hydrogens is 316 g/mol. The van der Waals surface area contributed by atoms with Crippen LogP contribution < -0.4 is 4.90 Å². The van der Waals surface area contributed by atoms with Crippen molar-refractivity contribution in [2.75, 3.05) is 4.90 Å². The van der Waals surface area contributed by atoms with Crippen molar-refractivity contribution >= 4 is 39.7 Å². The van der Waals surface area contributed by atoms with Crippen LogP contribution in [-0.4, -0.2) is 10.9 Å². The van der Waals surface area contributed by atoms with Gasteiger partial charge in [-0.15, -0.1) is 0 Å². The van der Waals surface area contributed by atoms with Gasteiger partial charge in [0.05, 0.1) is 17.9 Å². The fourth-order valence-corrected chi connectivity index (χ4v) is 2.68. The number of pyridine rings is 1. The van der Waals surface area contributed by atoms with Gasteiger partial charge in [-0.25, -0.2) is 0 Å². The van der Waals surface area contributed by atoms with Gasteiger partial charge in [0.15, 0.2) is 0 Å². The number of rotatable bonds is 0. The molecule has 0 radical (unpaired) electrons. The van der Waals surface area contributed by atoms with E-state index in [1.54, 1.807) is 18.0 Å². The van der Waals surface area contributed by atoms with Crippen LogP contribution in [0.25, 0.3) is 12.2 Å². The quantitative estimate of drug-likeness (QED) is 0.735. The summed E-state index contributed by atoms with van der Waals surface area (Å²) in [6.07, 6.45) is 5.83. The molecule has 0 spiro atoms. The van der Waals surface area contributed by atoms with E-state index in [9.17, 15) is 4.79 Å². The maximum atomic E-state index is 12.0. The van der Waals surface area contributed by atoms with Crippen LogP contribution in [0.2, 0.25) is 0 Å². The van der Waals surface area contributed by atoms with E-state index in [2.05, 4.69) is 20.9 Å². The highest BCUT2D eigenvalue weighted by Gasteiger charge is 2.18. The summed E-state index contributed by atoms with van der Waals surface area (Å²) in [4.78, 5) is 18.2. The van der Waals surface area contributed by atoms with Gasteiger partial charge in [0.25, 0.3) is 0 Å². The van der Waals surface area contributed by atoms with E-state index in [1.165, 1.54) is 0 Å². The van der Waals surface area contributed by atoms with E-state index in [0.29, 0.717) is 6.54 Å². The highest BCUT2D eigenvalue weighted by atomic mass is 79.9. The fourth-order valence-electron chi connectivity index (χ4n) is 2.33. The zero-order valence-corrected chi connectivity index (χ0v) is 12.6. The summed E-state index contributed by atoms with van der Waals surface area (Å²) in [7, 11) is 0. The van der Waals surface area contributed by atoms with Crippen molar-refractivity contribution in [3.63, 3.8) is 0 Å². The third-order valence-electron chi connectivity index (χ3n) is 3.33. The molecule has 4 heteroatoms. The summed E-state index contributed by atoms with van der Waals surface area (Å²) in [5.74, 6) is 0.0171. The summed E-state index contributed by atoms with van der Waals surface area (Å²) in [6.45, 7) is 2.07. The molecule has 0 fully saturated rings.